The lowest BCUT2D eigenvalue weighted by Gasteiger charge is -2.27. The molecule has 0 aliphatic heterocycles. The Morgan fingerprint density at radius 3 is 1.82 bits per heavy atom. The van der Waals surface area contributed by atoms with Crippen LogP contribution in [-0.2, 0) is 0 Å². The topological polar surface area (TPSA) is 96.6 Å². The second-order valence-corrected chi connectivity index (χ2v) is 8.51. The molecule has 1 unspecified atom stereocenters. The van der Waals surface area contributed by atoms with Gasteiger partial charge in [0.05, 0.1) is 0 Å². The van der Waals surface area contributed by atoms with E-state index in [1.807, 2.05) is 0 Å². The first-order valence-electron chi connectivity index (χ1n) is 11.8. The van der Waals surface area contributed by atoms with E-state index in [0.717, 1.165) is 70.7 Å². The Kier molecular flexibility index (Phi) is 19.9. The van der Waals surface area contributed by atoms with Crippen LogP contribution in [0.4, 0.5) is 0 Å². The molecule has 0 saturated carbocycles. The molecule has 6 nitrogen and oxygen atoms in total. The predicted octanol–water partition coefficient (Wildman–Crippen LogP) is 1.69. The van der Waals surface area contributed by atoms with Crippen molar-refractivity contribution in [2.45, 2.75) is 59.3 Å². The molecule has 0 aliphatic carbocycles. The summed E-state index contributed by atoms with van der Waals surface area (Å²) in [4.78, 5) is 5.01. The van der Waals surface area contributed by atoms with Crippen molar-refractivity contribution in [3.63, 3.8) is 0 Å². The lowest BCUT2D eigenvalue weighted by molar-refractivity contribution is 0.223. The minimum Gasteiger partial charge on any atom is -0.329 e. The largest absolute Gasteiger partial charge is 0.329 e. The van der Waals surface area contributed by atoms with Crippen LogP contribution in [0.2, 0.25) is 0 Å². The van der Waals surface area contributed by atoms with Gasteiger partial charge in [-0.2, -0.15) is 0 Å². The quantitative estimate of drug-likeness (QED) is 0.219. The highest BCUT2D eigenvalue weighted by molar-refractivity contribution is 4.69. The molecule has 0 spiro atoms. The van der Waals surface area contributed by atoms with E-state index in [1.165, 1.54) is 45.1 Å². The van der Waals surface area contributed by atoms with E-state index in [1.54, 1.807) is 0 Å². The number of unbranched alkanes of at least 4 members (excludes halogenated alkanes) is 1. The Balaban J connectivity index is 4.42. The Morgan fingerprint density at radius 2 is 1.29 bits per heavy atom. The third kappa shape index (κ3) is 16.7. The third-order valence-electron chi connectivity index (χ3n) is 5.61. The van der Waals surface area contributed by atoms with E-state index in [9.17, 15) is 0 Å². The first-order valence-corrected chi connectivity index (χ1v) is 11.8. The van der Waals surface area contributed by atoms with Gasteiger partial charge >= 0.3 is 0 Å². The van der Waals surface area contributed by atoms with Crippen LogP contribution in [0.3, 0.4) is 0 Å². The molecule has 0 heterocycles. The van der Waals surface area contributed by atoms with E-state index in [4.69, 9.17) is 17.2 Å². The summed E-state index contributed by atoms with van der Waals surface area (Å²) in [7, 11) is 0. The van der Waals surface area contributed by atoms with Crippen LogP contribution in [0, 0.1) is 11.8 Å². The Morgan fingerprint density at radius 1 is 0.679 bits per heavy atom. The molecule has 0 radical (unpaired) electrons. The molecule has 7 N–H and O–H groups in total. The van der Waals surface area contributed by atoms with E-state index in [-0.39, 0.29) is 0 Å². The van der Waals surface area contributed by atoms with Crippen molar-refractivity contribution in [1.82, 2.24) is 15.1 Å². The monoisotopic (exact) mass is 400 g/mol. The normalized spacial score (nSPS) is 13.2. The van der Waals surface area contributed by atoms with Gasteiger partial charge in [0.25, 0.3) is 0 Å². The molecule has 28 heavy (non-hydrogen) atoms. The van der Waals surface area contributed by atoms with Gasteiger partial charge in [-0.25, -0.2) is 0 Å². The Hall–Kier alpha value is -0.240. The molecule has 0 aromatic rings. The first kappa shape index (κ1) is 27.8. The van der Waals surface area contributed by atoms with Gasteiger partial charge in [0.1, 0.15) is 0 Å². The molecule has 1 atom stereocenters. The average Bonchev–Trinajstić information content (AvgIpc) is 2.67. The summed E-state index contributed by atoms with van der Waals surface area (Å²) in [5.74, 6) is 1.62. The summed E-state index contributed by atoms with van der Waals surface area (Å²) in [5, 5.41) is 3.41. The number of hydrogen-bond donors (Lipinski definition) is 4. The maximum atomic E-state index is 5.77. The fraction of sp³-hybridized carbons (Fsp3) is 1.00. The summed E-state index contributed by atoms with van der Waals surface area (Å²) >= 11 is 0. The second kappa shape index (κ2) is 20.0. The average molecular weight is 401 g/mol. The molecule has 0 saturated heterocycles. The molecule has 0 rings (SSSR count). The van der Waals surface area contributed by atoms with Crippen molar-refractivity contribution >= 4 is 0 Å². The lowest BCUT2D eigenvalue weighted by Crippen LogP contribution is -2.36. The van der Waals surface area contributed by atoms with E-state index < -0.39 is 0 Å². The van der Waals surface area contributed by atoms with Gasteiger partial charge in [-0.3, -0.25) is 0 Å². The standard InChI is InChI=1S/C22H52N6/c1-4-27(20-15-26-14-11-23)16-9-22(8-6-5-7-21(2)3)10-17-28(18-12-24)19-13-25/h21-22,26H,4-20,23-25H2,1-3H3. The number of nitrogens with one attached hydrogen (secondary N) is 1. The maximum Gasteiger partial charge on any atom is 0.0107 e. The van der Waals surface area contributed by atoms with Crippen LogP contribution >= 0.6 is 0 Å². The van der Waals surface area contributed by atoms with Gasteiger partial charge in [0.15, 0.2) is 0 Å². The third-order valence-corrected chi connectivity index (χ3v) is 5.61. The fourth-order valence-corrected chi connectivity index (χ4v) is 3.74. The Labute approximate surface area is 175 Å². The van der Waals surface area contributed by atoms with Gasteiger partial charge in [-0.15, -0.1) is 0 Å². The zero-order chi connectivity index (χ0) is 21.0. The van der Waals surface area contributed by atoms with Gasteiger partial charge in [-0.05, 0) is 44.3 Å². The van der Waals surface area contributed by atoms with Crippen LogP contribution in [0.25, 0.3) is 0 Å². The predicted molar refractivity (Wildman–Crippen MR) is 125 cm³/mol. The van der Waals surface area contributed by atoms with E-state index >= 15 is 0 Å². The smallest absolute Gasteiger partial charge is 0.0107 e. The van der Waals surface area contributed by atoms with Crippen molar-refractivity contribution in [1.29, 1.82) is 0 Å². The number of likely N-dealkylation sites (N-methyl/N-ethyl adjacent to an activating group) is 1. The summed E-state index contributed by atoms with van der Waals surface area (Å²) in [5.41, 5.74) is 17.1. The fourth-order valence-electron chi connectivity index (χ4n) is 3.74. The van der Waals surface area contributed by atoms with Crippen molar-refractivity contribution in [3.8, 4) is 0 Å². The van der Waals surface area contributed by atoms with Crippen molar-refractivity contribution < 1.29 is 0 Å². The number of hydrogen-bond acceptors (Lipinski definition) is 6. The highest BCUT2D eigenvalue weighted by atomic mass is 15.1. The molecule has 0 fully saturated rings. The second-order valence-electron chi connectivity index (χ2n) is 8.51. The summed E-state index contributed by atoms with van der Waals surface area (Å²) in [6.07, 6.45) is 8.00. The van der Waals surface area contributed by atoms with Gasteiger partial charge in [0, 0.05) is 52.4 Å². The molecule has 0 aliphatic rings. The molecule has 0 bridgehead atoms. The summed E-state index contributed by atoms with van der Waals surface area (Å²) in [6.45, 7) is 17.5. The van der Waals surface area contributed by atoms with Crippen LogP contribution in [0.5, 0.6) is 0 Å². The maximum absolute atomic E-state index is 5.77. The van der Waals surface area contributed by atoms with Crippen molar-refractivity contribution in [3.05, 3.63) is 0 Å². The molecule has 0 aromatic carbocycles. The molecule has 170 valence electrons. The highest BCUT2D eigenvalue weighted by Crippen LogP contribution is 2.20. The van der Waals surface area contributed by atoms with Crippen molar-refractivity contribution in [2.75, 3.05) is 72.0 Å². The number of nitrogens with zero attached hydrogens (tertiary/aromatic N) is 2. The first-order chi connectivity index (χ1) is 13.6. The van der Waals surface area contributed by atoms with Gasteiger partial charge in [0.2, 0.25) is 0 Å². The van der Waals surface area contributed by atoms with Crippen LogP contribution in [0.1, 0.15) is 59.3 Å². The van der Waals surface area contributed by atoms with Crippen LogP contribution in [-0.4, -0.2) is 81.8 Å². The number of nitrogens with two attached hydrogens (primary N) is 3. The zero-order valence-electron chi connectivity index (χ0n) is 19.3. The van der Waals surface area contributed by atoms with E-state index in [0.29, 0.717) is 6.54 Å². The van der Waals surface area contributed by atoms with Gasteiger partial charge in [-0.1, -0.05) is 46.5 Å². The summed E-state index contributed by atoms with van der Waals surface area (Å²) in [6, 6.07) is 0. The van der Waals surface area contributed by atoms with Crippen LogP contribution in [0.15, 0.2) is 0 Å². The molecule has 6 heteroatoms. The Bertz CT molecular complexity index is 307. The zero-order valence-corrected chi connectivity index (χ0v) is 19.3. The minimum atomic E-state index is 0.715. The minimum absolute atomic E-state index is 0.715. The van der Waals surface area contributed by atoms with Crippen LogP contribution < -0.4 is 22.5 Å². The molecule has 0 aromatic heterocycles. The van der Waals surface area contributed by atoms with Gasteiger partial charge < -0.3 is 32.3 Å². The summed E-state index contributed by atoms with van der Waals surface area (Å²) < 4.78 is 0. The molecular weight excluding hydrogens is 348 g/mol. The lowest BCUT2D eigenvalue weighted by atomic mass is 9.92. The molecular formula is C22H52N6. The SMILES string of the molecule is CCN(CCNCCN)CCC(CCCCC(C)C)CCN(CCN)CCN. The van der Waals surface area contributed by atoms with E-state index in [2.05, 4.69) is 35.9 Å². The molecule has 0 amide bonds. The number of rotatable bonds is 21. The van der Waals surface area contributed by atoms with Crippen molar-refractivity contribution in [2.24, 2.45) is 29.0 Å². The highest BCUT2D eigenvalue weighted by Gasteiger charge is 2.13.